The van der Waals surface area contributed by atoms with Gasteiger partial charge in [-0.2, -0.15) is 10.4 Å². The summed E-state index contributed by atoms with van der Waals surface area (Å²) in [6.07, 6.45) is 2.36. The smallest absolute Gasteiger partial charge is 0.222 e. The Morgan fingerprint density at radius 3 is 2.48 bits per heavy atom. The zero-order chi connectivity index (χ0) is 19.2. The molecule has 0 unspecified atom stereocenters. The van der Waals surface area contributed by atoms with Crippen LogP contribution in [0, 0.1) is 25.2 Å². The zero-order valence-electron chi connectivity index (χ0n) is 16.0. The SMILES string of the molecule is Cc1nnc(N2CCN(C(=O)CCCc3ccccc3)CC2)c(C#N)c1C. The average molecular weight is 363 g/mol. The molecule has 2 aromatic rings. The topological polar surface area (TPSA) is 73.1 Å². The minimum Gasteiger partial charge on any atom is -0.350 e. The number of anilines is 1. The molecular weight excluding hydrogens is 338 g/mol. The Morgan fingerprint density at radius 1 is 1.11 bits per heavy atom. The number of nitriles is 1. The van der Waals surface area contributed by atoms with Crippen molar-refractivity contribution in [1.29, 1.82) is 5.26 Å². The van der Waals surface area contributed by atoms with E-state index in [4.69, 9.17) is 0 Å². The molecule has 6 nitrogen and oxygen atoms in total. The molecule has 6 heteroatoms. The zero-order valence-corrected chi connectivity index (χ0v) is 16.0. The van der Waals surface area contributed by atoms with E-state index in [1.807, 2.05) is 36.9 Å². The highest BCUT2D eigenvalue weighted by atomic mass is 16.2. The van der Waals surface area contributed by atoms with E-state index in [-0.39, 0.29) is 5.91 Å². The number of amides is 1. The van der Waals surface area contributed by atoms with Crippen LogP contribution in [0.1, 0.15) is 35.2 Å². The van der Waals surface area contributed by atoms with Crippen molar-refractivity contribution in [3.8, 4) is 6.07 Å². The molecule has 140 valence electrons. The third-order valence-corrected chi connectivity index (χ3v) is 5.18. The monoisotopic (exact) mass is 363 g/mol. The Hall–Kier alpha value is -2.94. The van der Waals surface area contributed by atoms with Gasteiger partial charge in [0.2, 0.25) is 5.91 Å². The molecular formula is C21H25N5O. The number of nitrogens with zero attached hydrogens (tertiary/aromatic N) is 5. The average Bonchev–Trinajstić information content (AvgIpc) is 2.71. The van der Waals surface area contributed by atoms with Crippen LogP contribution < -0.4 is 4.90 Å². The van der Waals surface area contributed by atoms with Gasteiger partial charge in [-0.25, -0.2) is 0 Å². The summed E-state index contributed by atoms with van der Waals surface area (Å²) in [6.45, 7) is 6.43. The number of piperazine rings is 1. The fraction of sp³-hybridized carbons (Fsp3) is 0.429. The second-order valence-corrected chi connectivity index (χ2v) is 6.93. The number of carbonyl (C=O) groups excluding carboxylic acids is 1. The highest BCUT2D eigenvalue weighted by Gasteiger charge is 2.24. The van der Waals surface area contributed by atoms with Gasteiger partial charge in [-0.3, -0.25) is 4.79 Å². The number of hydrogen-bond donors (Lipinski definition) is 0. The molecule has 2 heterocycles. The largest absolute Gasteiger partial charge is 0.350 e. The van der Waals surface area contributed by atoms with Gasteiger partial charge < -0.3 is 9.80 Å². The van der Waals surface area contributed by atoms with E-state index >= 15 is 0 Å². The maximum Gasteiger partial charge on any atom is 0.222 e. The first-order valence-electron chi connectivity index (χ1n) is 9.40. The maximum absolute atomic E-state index is 12.5. The number of aryl methyl sites for hydroxylation is 2. The van der Waals surface area contributed by atoms with Gasteiger partial charge in [0.25, 0.3) is 0 Å². The number of rotatable bonds is 5. The molecule has 0 N–H and O–H groups in total. The molecule has 3 rings (SSSR count). The molecule has 0 spiro atoms. The number of benzene rings is 1. The van der Waals surface area contributed by atoms with Gasteiger partial charge in [0.1, 0.15) is 11.6 Å². The second-order valence-electron chi connectivity index (χ2n) is 6.93. The molecule has 0 radical (unpaired) electrons. The standard InChI is InChI=1S/C21H25N5O/c1-16-17(2)23-24-21(19(16)15-22)26-13-11-25(12-14-26)20(27)10-6-9-18-7-4-3-5-8-18/h3-5,7-8H,6,9-14H2,1-2H3. The predicted molar refractivity (Wildman–Crippen MR) is 104 cm³/mol. The Bertz CT molecular complexity index is 836. The molecule has 27 heavy (non-hydrogen) atoms. The lowest BCUT2D eigenvalue weighted by Gasteiger charge is -2.35. The number of hydrogen-bond acceptors (Lipinski definition) is 5. The van der Waals surface area contributed by atoms with Crippen molar-refractivity contribution < 1.29 is 4.79 Å². The van der Waals surface area contributed by atoms with E-state index in [9.17, 15) is 10.1 Å². The first-order chi connectivity index (χ1) is 13.1. The predicted octanol–water partition coefficient (Wildman–Crippen LogP) is 2.64. The van der Waals surface area contributed by atoms with Crippen molar-refractivity contribution in [2.75, 3.05) is 31.1 Å². The van der Waals surface area contributed by atoms with Crippen LogP contribution in [0.2, 0.25) is 0 Å². The first kappa shape index (κ1) is 18.8. The lowest BCUT2D eigenvalue weighted by Crippen LogP contribution is -2.49. The molecule has 1 fully saturated rings. The van der Waals surface area contributed by atoms with Crippen LogP contribution in [0.15, 0.2) is 30.3 Å². The fourth-order valence-electron chi connectivity index (χ4n) is 3.37. The van der Waals surface area contributed by atoms with E-state index < -0.39 is 0 Å². The van der Waals surface area contributed by atoms with Crippen LogP contribution in [0.3, 0.4) is 0 Å². The van der Waals surface area contributed by atoms with Crippen LogP contribution in [0.25, 0.3) is 0 Å². The minimum absolute atomic E-state index is 0.206. The van der Waals surface area contributed by atoms with E-state index in [2.05, 4.69) is 33.3 Å². The van der Waals surface area contributed by atoms with Crippen LogP contribution in [0.4, 0.5) is 5.82 Å². The van der Waals surface area contributed by atoms with Crippen LogP contribution in [0.5, 0.6) is 0 Å². The third kappa shape index (κ3) is 4.43. The summed E-state index contributed by atoms with van der Waals surface area (Å²) in [5.74, 6) is 0.842. The highest BCUT2D eigenvalue weighted by Crippen LogP contribution is 2.22. The van der Waals surface area contributed by atoms with Gasteiger partial charge in [-0.15, -0.1) is 5.10 Å². The van der Waals surface area contributed by atoms with Crippen LogP contribution >= 0.6 is 0 Å². The Kier molecular flexibility index (Phi) is 6.02. The van der Waals surface area contributed by atoms with Crippen LogP contribution in [-0.4, -0.2) is 47.2 Å². The summed E-state index contributed by atoms with van der Waals surface area (Å²) in [6, 6.07) is 12.5. The van der Waals surface area contributed by atoms with E-state index in [0.717, 1.165) is 24.1 Å². The molecule has 1 aliphatic heterocycles. The van der Waals surface area contributed by atoms with Crippen LogP contribution in [-0.2, 0) is 11.2 Å². The van der Waals surface area contributed by atoms with Crippen molar-refractivity contribution in [2.45, 2.75) is 33.1 Å². The molecule has 0 atom stereocenters. The van der Waals surface area contributed by atoms with Gasteiger partial charge in [-0.05, 0) is 37.8 Å². The molecule has 1 amide bonds. The second kappa shape index (κ2) is 8.63. The number of carbonyl (C=O) groups is 1. The highest BCUT2D eigenvalue weighted by molar-refractivity contribution is 5.76. The van der Waals surface area contributed by atoms with Gasteiger partial charge >= 0.3 is 0 Å². The summed E-state index contributed by atoms with van der Waals surface area (Å²) in [4.78, 5) is 16.5. The van der Waals surface area contributed by atoms with Gasteiger partial charge in [0.05, 0.1) is 5.69 Å². The number of aromatic nitrogens is 2. The molecule has 1 aromatic heterocycles. The molecule has 1 saturated heterocycles. The summed E-state index contributed by atoms with van der Waals surface area (Å²) in [7, 11) is 0. The first-order valence-corrected chi connectivity index (χ1v) is 9.40. The molecule has 0 aliphatic carbocycles. The lowest BCUT2D eigenvalue weighted by atomic mass is 10.1. The van der Waals surface area contributed by atoms with Gasteiger partial charge in [0.15, 0.2) is 5.82 Å². The Labute approximate surface area is 160 Å². The summed E-state index contributed by atoms with van der Waals surface area (Å²) < 4.78 is 0. The molecule has 0 bridgehead atoms. The molecule has 1 aliphatic rings. The molecule has 0 saturated carbocycles. The normalized spacial score (nSPS) is 14.1. The van der Waals surface area contributed by atoms with Crippen molar-refractivity contribution in [1.82, 2.24) is 15.1 Å². The maximum atomic E-state index is 12.5. The Balaban J connectivity index is 1.52. The van der Waals surface area contributed by atoms with Gasteiger partial charge in [0, 0.05) is 32.6 Å². The lowest BCUT2D eigenvalue weighted by molar-refractivity contribution is -0.131. The quantitative estimate of drug-likeness (QED) is 0.816. The molecule has 1 aromatic carbocycles. The minimum atomic E-state index is 0.206. The fourth-order valence-corrected chi connectivity index (χ4v) is 3.37. The summed E-state index contributed by atoms with van der Waals surface area (Å²) in [5, 5.41) is 17.9. The summed E-state index contributed by atoms with van der Waals surface area (Å²) >= 11 is 0. The van der Waals surface area contributed by atoms with Gasteiger partial charge in [-0.1, -0.05) is 30.3 Å². The van der Waals surface area contributed by atoms with Crippen molar-refractivity contribution >= 4 is 11.7 Å². The summed E-state index contributed by atoms with van der Waals surface area (Å²) in [5.41, 5.74) is 3.52. The van der Waals surface area contributed by atoms with E-state index in [0.29, 0.717) is 44.0 Å². The van der Waals surface area contributed by atoms with Crippen molar-refractivity contribution in [3.05, 3.63) is 52.7 Å². The van der Waals surface area contributed by atoms with E-state index in [1.165, 1.54) is 5.56 Å². The Morgan fingerprint density at radius 2 is 1.81 bits per heavy atom. The van der Waals surface area contributed by atoms with Crippen molar-refractivity contribution in [3.63, 3.8) is 0 Å². The van der Waals surface area contributed by atoms with Crippen molar-refractivity contribution in [2.24, 2.45) is 0 Å². The van der Waals surface area contributed by atoms with E-state index in [1.54, 1.807) is 0 Å². The third-order valence-electron chi connectivity index (χ3n) is 5.18.